The van der Waals surface area contributed by atoms with Crippen LogP contribution < -0.4 is 10.2 Å². The number of amides is 1. The van der Waals surface area contributed by atoms with Gasteiger partial charge in [-0.15, -0.1) is 0 Å². The number of halogens is 1. The van der Waals surface area contributed by atoms with E-state index in [-0.39, 0.29) is 5.91 Å². The van der Waals surface area contributed by atoms with Crippen LogP contribution in [0.4, 0.5) is 5.69 Å². The van der Waals surface area contributed by atoms with Crippen molar-refractivity contribution in [3.63, 3.8) is 0 Å². The molecule has 0 saturated carbocycles. The van der Waals surface area contributed by atoms with E-state index >= 15 is 0 Å². The molecule has 0 bridgehead atoms. The highest BCUT2D eigenvalue weighted by Crippen LogP contribution is 2.19. The minimum Gasteiger partial charge on any atom is -0.369 e. The number of nitrogens with one attached hydrogen (secondary N) is 1. The molecule has 1 aliphatic heterocycles. The van der Waals surface area contributed by atoms with Crippen molar-refractivity contribution in [1.29, 1.82) is 0 Å². The Labute approximate surface area is 160 Å². The van der Waals surface area contributed by atoms with Gasteiger partial charge in [0.1, 0.15) is 0 Å². The smallest absolute Gasteiger partial charge is 0.251 e. The summed E-state index contributed by atoms with van der Waals surface area (Å²) in [5.74, 6) is 0.0160. The highest BCUT2D eigenvalue weighted by atomic mass is 35.5. The van der Waals surface area contributed by atoms with Crippen LogP contribution in [0.1, 0.15) is 21.5 Å². The van der Waals surface area contributed by atoms with Crippen LogP contribution in [0.25, 0.3) is 0 Å². The third-order valence-corrected chi connectivity index (χ3v) is 5.16. The Morgan fingerprint density at radius 3 is 2.38 bits per heavy atom. The molecule has 0 aromatic heterocycles. The van der Waals surface area contributed by atoms with Gasteiger partial charge in [-0.05, 0) is 49.7 Å². The van der Waals surface area contributed by atoms with Gasteiger partial charge in [0.15, 0.2) is 0 Å². The first-order chi connectivity index (χ1) is 12.5. The van der Waals surface area contributed by atoms with Gasteiger partial charge in [-0.25, -0.2) is 0 Å². The lowest BCUT2D eigenvalue weighted by Gasteiger charge is -2.36. The molecule has 138 valence electrons. The van der Waals surface area contributed by atoms with Crippen molar-refractivity contribution < 1.29 is 4.79 Å². The van der Waals surface area contributed by atoms with E-state index in [0.717, 1.165) is 48.9 Å². The highest BCUT2D eigenvalue weighted by Gasteiger charge is 2.17. The van der Waals surface area contributed by atoms with Crippen LogP contribution in [0, 0.1) is 13.8 Å². The molecule has 0 atom stereocenters. The van der Waals surface area contributed by atoms with E-state index in [4.69, 9.17) is 11.6 Å². The van der Waals surface area contributed by atoms with Crippen molar-refractivity contribution in [2.24, 2.45) is 0 Å². The lowest BCUT2D eigenvalue weighted by atomic mass is 10.1. The monoisotopic (exact) mass is 371 g/mol. The molecule has 3 rings (SSSR count). The maximum Gasteiger partial charge on any atom is 0.251 e. The lowest BCUT2D eigenvalue weighted by molar-refractivity contribution is 0.0947. The largest absolute Gasteiger partial charge is 0.369 e. The fourth-order valence-corrected chi connectivity index (χ4v) is 3.50. The maximum absolute atomic E-state index is 12.3. The van der Waals surface area contributed by atoms with Crippen molar-refractivity contribution in [1.82, 2.24) is 10.2 Å². The molecule has 1 heterocycles. The molecule has 1 saturated heterocycles. The van der Waals surface area contributed by atoms with Gasteiger partial charge in [0.25, 0.3) is 5.91 Å². The van der Waals surface area contributed by atoms with E-state index in [0.29, 0.717) is 6.54 Å². The molecule has 1 amide bonds. The Bertz CT molecular complexity index is 752. The maximum atomic E-state index is 12.3. The van der Waals surface area contributed by atoms with Crippen LogP contribution >= 0.6 is 11.6 Å². The van der Waals surface area contributed by atoms with Gasteiger partial charge >= 0.3 is 0 Å². The molecule has 1 N–H and O–H groups in total. The van der Waals surface area contributed by atoms with E-state index in [1.807, 2.05) is 44.2 Å². The zero-order valence-electron chi connectivity index (χ0n) is 15.5. The van der Waals surface area contributed by atoms with Gasteiger partial charge in [0, 0.05) is 55.5 Å². The average Bonchev–Trinajstić information content (AvgIpc) is 2.63. The summed E-state index contributed by atoms with van der Waals surface area (Å²) < 4.78 is 0. The quantitative estimate of drug-likeness (QED) is 0.873. The van der Waals surface area contributed by atoms with Crippen molar-refractivity contribution in [3.8, 4) is 0 Å². The fourth-order valence-electron chi connectivity index (χ4n) is 3.37. The second-order valence-electron chi connectivity index (χ2n) is 6.88. The van der Waals surface area contributed by atoms with E-state index in [9.17, 15) is 4.79 Å². The minimum atomic E-state index is 0.0160. The van der Waals surface area contributed by atoms with Gasteiger partial charge < -0.3 is 10.2 Å². The summed E-state index contributed by atoms with van der Waals surface area (Å²) in [7, 11) is 0. The zero-order valence-corrected chi connectivity index (χ0v) is 16.2. The Balaban J connectivity index is 1.42. The SMILES string of the molecule is Cc1ccc(C(=O)NCCN2CCN(c3ccc(Cl)cc3)CC2)c(C)c1. The number of nitrogens with zero attached hydrogens (tertiary/aromatic N) is 2. The summed E-state index contributed by atoms with van der Waals surface area (Å²) in [6, 6.07) is 14.0. The molecule has 1 aliphatic rings. The molecule has 1 fully saturated rings. The Morgan fingerprint density at radius 2 is 1.73 bits per heavy atom. The normalized spacial score (nSPS) is 15.1. The summed E-state index contributed by atoms with van der Waals surface area (Å²) >= 11 is 5.96. The Hall–Kier alpha value is -2.04. The van der Waals surface area contributed by atoms with Gasteiger partial charge in [-0.1, -0.05) is 29.3 Å². The second-order valence-corrected chi connectivity index (χ2v) is 7.32. The number of hydrogen-bond donors (Lipinski definition) is 1. The predicted molar refractivity (Wildman–Crippen MR) is 108 cm³/mol. The third kappa shape index (κ3) is 4.77. The molecule has 0 unspecified atom stereocenters. The Kier molecular flexibility index (Phi) is 6.17. The fraction of sp³-hybridized carbons (Fsp3) is 0.381. The van der Waals surface area contributed by atoms with Gasteiger partial charge in [-0.3, -0.25) is 9.69 Å². The van der Waals surface area contributed by atoms with Crippen molar-refractivity contribution in [2.45, 2.75) is 13.8 Å². The van der Waals surface area contributed by atoms with E-state index < -0.39 is 0 Å². The molecule has 2 aromatic rings. The second kappa shape index (κ2) is 8.56. The van der Waals surface area contributed by atoms with Crippen LogP contribution in [0.3, 0.4) is 0 Å². The summed E-state index contributed by atoms with van der Waals surface area (Å²) in [4.78, 5) is 17.1. The van der Waals surface area contributed by atoms with Crippen LogP contribution in [0.2, 0.25) is 5.02 Å². The van der Waals surface area contributed by atoms with E-state index in [2.05, 4.69) is 27.2 Å². The van der Waals surface area contributed by atoms with Gasteiger partial charge in [0.2, 0.25) is 0 Å². The van der Waals surface area contributed by atoms with Crippen molar-refractivity contribution in [3.05, 3.63) is 64.2 Å². The first-order valence-corrected chi connectivity index (χ1v) is 9.49. The number of rotatable bonds is 5. The van der Waals surface area contributed by atoms with Crippen molar-refractivity contribution in [2.75, 3.05) is 44.2 Å². The number of carbonyl (C=O) groups excluding carboxylic acids is 1. The molecular weight excluding hydrogens is 346 g/mol. The topological polar surface area (TPSA) is 35.6 Å². The third-order valence-electron chi connectivity index (χ3n) is 4.90. The molecule has 0 spiro atoms. The molecule has 0 aliphatic carbocycles. The van der Waals surface area contributed by atoms with E-state index in [1.165, 1.54) is 11.3 Å². The lowest BCUT2D eigenvalue weighted by Crippen LogP contribution is -2.48. The molecule has 4 nitrogen and oxygen atoms in total. The standard InChI is InChI=1S/C21H26ClN3O/c1-16-3-8-20(17(2)15-16)21(26)23-9-10-24-11-13-25(14-12-24)19-6-4-18(22)5-7-19/h3-8,15H,9-14H2,1-2H3,(H,23,26). The van der Waals surface area contributed by atoms with Crippen LogP contribution in [0.5, 0.6) is 0 Å². The Morgan fingerprint density at radius 1 is 1.04 bits per heavy atom. The highest BCUT2D eigenvalue weighted by molar-refractivity contribution is 6.30. The van der Waals surface area contributed by atoms with Crippen molar-refractivity contribution >= 4 is 23.2 Å². The average molecular weight is 372 g/mol. The number of carbonyl (C=O) groups is 1. The molecule has 5 heteroatoms. The van der Waals surface area contributed by atoms with Gasteiger partial charge in [-0.2, -0.15) is 0 Å². The number of aryl methyl sites for hydroxylation is 2. The minimum absolute atomic E-state index is 0.0160. The number of piperazine rings is 1. The van der Waals surface area contributed by atoms with E-state index in [1.54, 1.807) is 0 Å². The molecule has 26 heavy (non-hydrogen) atoms. The summed E-state index contributed by atoms with van der Waals surface area (Å²) in [6.07, 6.45) is 0. The first kappa shape index (κ1) is 18.7. The zero-order chi connectivity index (χ0) is 18.5. The predicted octanol–water partition coefficient (Wildman–Crippen LogP) is 3.51. The van der Waals surface area contributed by atoms with Crippen LogP contribution in [0.15, 0.2) is 42.5 Å². The van der Waals surface area contributed by atoms with Gasteiger partial charge in [0.05, 0.1) is 0 Å². The molecule has 2 aromatic carbocycles. The number of anilines is 1. The molecular formula is C21H26ClN3O. The molecule has 0 radical (unpaired) electrons. The van der Waals surface area contributed by atoms with Crippen LogP contribution in [-0.2, 0) is 0 Å². The number of benzene rings is 2. The summed E-state index contributed by atoms with van der Waals surface area (Å²) in [6.45, 7) is 9.57. The summed E-state index contributed by atoms with van der Waals surface area (Å²) in [5, 5.41) is 3.82. The van der Waals surface area contributed by atoms with Crippen LogP contribution in [-0.4, -0.2) is 50.1 Å². The summed E-state index contributed by atoms with van der Waals surface area (Å²) in [5.41, 5.74) is 4.19. The number of hydrogen-bond acceptors (Lipinski definition) is 3. The first-order valence-electron chi connectivity index (χ1n) is 9.11.